The molecule has 0 unspecified atom stereocenters. The molecule has 0 radical (unpaired) electrons. The molecule has 32 heavy (non-hydrogen) atoms. The van der Waals surface area contributed by atoms with Gasteiger partial charge in [0.05, 0.1) is 0 Å². The van der Waals surface area contributed by atoms with E-state index in [1.807, 2.05) is 0 Å². The Balaban J connectivity index is 0.00000289. The molecular formula is C25H41NaO5S. The van der Waals surface area contributed by atoms with Crippen LogP contribution < -0.4 is 29.6 Å². The molecule has 0 spiro atoms. The van der Waals surface area contributed by atoms with Crippen molar-refractivity contribution in [2.45, 2.75) is 91.9 Å². The first-order valence-electron chi connectivity index (χ1n) is 12.4. The van der Waals surface area contributed by atoms with Gasteiger partial charge in [-0.2, -0.15) is 0 Å². The standard InChI is InChI=1S/C25H42O5S.Na/c1-23(2)12-5-13-25(4)21(23)10-14-24(3)20(8-6-18-11-15-29-16-18)19(7-9-22(24)25)17-30-31(26,27)28;/h17-18,20-22H,5-16H2,1-4H3,(H,26,27,28);/q;+1/p-1/b19-17+;/t18-,20+,21+,22+,24-,25+;/m1./s1. The van der Waals surface area contributed by atoms with Crippen LogP contribution in [0.1, 0.15) is 91.9 Å². The molecule has 4 rings (SSSR count). The second-order valence-corrected chi connectivity index (χ2v) is 13.1. The van der Waals surface area contributed by atoms with E-state index < -0.39 is 10.4 Å². The van der Waals surface area contributed by atoms with Gasteiger partial charge in [-0.15, -0.1) is 0 Å². The number of fused-ring (bicyclic) bond motifs is 3. The Morgan fingerprint density at radius 1 is 1.03 bits per heavy atom. The third-order valence-electron chi connectivity index (χ3n) is 10.0. The molecule has 6 atom stereocenters. The van der Waals surface area contributed by atoms with Crippen molar-refractivity contribution in [1.29, 1.82) is 0 Å². The van der Waals surface area contributed by atoms with Gasteiger partial charge in [-0.25, -0.2) is 8.42 Å². The van der Waals surface area contributed by atoms with Crippen LogP contribution in [-0.4, -0.2) is 26.2 Å². The summed E-state index contributed by atoms with van der Waals surface area (Å²) < 4.78 is 43.8. The van der Waals surface area contributed by atoms with Crippen LogP contribution >= 0.6 is 0 Å². The van der Waals surface area contributed by atoms with E-state index in [-0.39, 0.29) is 40.9 Å². The van der Waals surface area contributed by atoms with Gasteiger partial charge in [0.1, 0.15) is 6.26 Å². The summed E-state index contributed by atoms with van der Waals surface area (Å²) in [5.74, 6) is 2.25. The maximum absolute atomic E-state index is 11.2. The zero-order valence-corrected chi connectivity index (χ0v) is 23.6. The fraction of sp³-hybridized carbons (Fsp3) is 0.920. The zero-order valence-electron chi connectivity index (χ0n) is 20.8. The molecular weight excluding hydrogens is 435 g/mol. The first-order valence-corrected chi connectivity index (χ1v) is 13.7. The van der Waals surface area contributed by atoms with Gasteiger partial charge < -0.3 is 13.5 Å². The summed E-state index contributed by atoms with van der Waals surface area (Å²) in [5.41, 5.74) is 1.88. The number of rotatable bonds is 5. The van der Waals surface area contributed by atoms with Crippen LogP contribution in [-0.2, 0) is 19.3 Å². The summed E-state index contributed by atoms with van der Waals surface area (Å²) in [7, 11) is -4.72. The minimum Gasteiger partial charge on any atom is -0.716 e. The fourth-order valence-corrected chi connectivity index (χ4v) is 8.90. The first-order chi connectivity index (χ1) is 14.5. The minimum atomic E-state index is -4.72. The molecule has 4 fully saturated rings. The maximum atomic E-state index is 11.2. The normalized spacial score (nSPS) is 42.6. The molecule has 3 aliphatic carbocycles. The van der Waals surface area contributed by atoms with Crippen molar-refractivity contribution >= 4 is 10.4 Å². The average Bonchev–Trinajstić information content (AvgIpc) is 3.17. The van der Waals surface area contributed by atoms with Gasteiger partial charge in [0.15, 0.2) is 0 Å². The molecule has 0 aromatic heterocycles. The third-order valence-corrected chi connectivity index (χ3v) is 10.3. The van der Waals surface area contributed by atoms with Crippen molar-refractivity contribution in [1.82, 2.24) is 0 Å². The van der Waals surface area contributed by atoms with Gasteiger partial charge in [0, 0.05) is 13.2 Å². The summed E-state index contributed by atoms with van der Waals surface area (Å²) in [6.45, 7) is 11.6. The molecule has 178 valence electrons. The van der Waals surface area contributed by atoms with E-state index in [4.69, 9.17) is 8.92 Å². The van der Waals surface area contributed by atoms with Gasteiger partial charge in [0.2, 0.25) is 0 Å². The number of allylic oxidation sites excluding steroid dienone is 1. The quantitative estimate of drug-likeness (QED) is 0.264. The molecule has 7 heteroatoms. The van der Waals surface area contributed by atoms with E-state index in [2.05, 4.69) is 27.7 Å². The van der Waals surface area contributed by atoms with Crippen LogP contribution in [0.15, 0.2) is 11.8 Å². The average molecular weight is 477 g/mol. The predicted octanol–water partition coefficient (Wildman–Crippen LogP) is 2.83. The van der Waals surface area contributed by atoms with E-state index in [1.54, 1.807) is 0 Å². The fourth-order valence-electron chi connectivity index (χ4n) is 8.66. The smallest absolute Gasteiger partial charge is 0.716 e. The Labute approximate surface area is 217 Å². The Bertz CT molecular complexity index is 803. The Kier molecular flexibility index (Phi) is 8.28. The Hall–Kier alpha value is 0.410. The molecule has 0 bridgehead atoms. The molecule has 1 saturated heterocycles. The molecule has 0 aromatic carbocycles. The van der Waals surface area contributed by atoms with Gasteiger partial charge in [-0.05, 0) is 103 Å². The SMILES string of the molecule is CC1(C)CCC[C@]2(C)[C@H]3CC/C(=C\OS(=O)(=O)[O-])[C@H](CC[C@@H]4CCOC4)[C@@]3(C)CC[C@@H]12.[Na+]. The summed E-state index contributed by atoms with van der Waals surface area (Å²) >= 11 is 0. The summed E-state index contributed by atoms with van der Waals surface area (Å²) in [4.78, 5) is 0. The summed E-state index contributed by atoms with van der Waals surface area (Å²) in [6, 6.07) is 0. The number of hydrogen-bond acceptors (Lipinski definition) is 5. The molecule has 3 saturated carbocycles. The van der Waals surface area contributed by atoms with Gasteiger partial charge in [-0.1, -0.05) is 34.1 Å². The Morgan fingerprint density at radius 2 is 1.78 bits per heavy atom. The van der Waals surface area contributed by atoms with Crippen LogP contribution in [0.3, 0.4) is 0 Å². The second kappa shape index (κ2) is 9.81. The largest absolute Gasteiger partial charge is 1.00 e. The number of ether oxygens (including phenoxy) is 1. The molecule has 0 N–H and O–H groups in total. The van der Waals surface area contributed by atoms with Crippen LogP contribution in [0.5, 0.6) is 0 Å². The van der Waals surface area contributed by atoms with E-state index in [9.17, 15) is 13.0 Å². The molecule has 0 amide bonds. The molecule has 5 nitrogen and oxygen atoms in total. The minimum absolute atomic E-state index is 0. The van der Waals surface area contributed by atoms with Crippen molar-refractivity contribution in [3.63, 3.8) is 0 Å². The predicted molar refractivity (Wildman–Crippen MR) is 120 cm³/mol. The van der Waals surface area contributed by atoms with Crippen LogP contribution in [0, 0.1) is 39.9 Å². The molecule has 4 aliphatic rings. The summed E-state index contributed by atoms with van der Waals surface area (Å²) in [6.07, 6.45) is 12.8. The topological polar surface area (TPSA) is 75.7 Å². The van der Waals surface area contributed by atoms with Crippen LogP contribution in [0.25, 0.3) is 0 Å². The van der Waals surface area contributed by atoms with Crippen molar-refractivity contribution in [2.24, 2.45) is 39.9 Å². The van der Waals surface area contributed by atoms with Crippen molar-refractivity contribution in [3.8, 4) is 0 Å². The second-order valence-electron chi connectivity index (χ2n) is 12.1. The zero-order chi connectivity index (χ0) is 22.5. The van der Waals surface area contributed by atoms with E-state index in [1.165, 1.54) is 38.4 Å². The third kappa shape index (κ3) is 5.16. The van der Waals surface area contributed by atoms with Crippen molar-refractivity contribution in [2.75, 3.05) is 13.2 Å². The van der Waals surface area contributed by atoms with Crippen molar-refractivity contribution in [3.05, 3.63) is 11.8 Å². The maximum Gasteiger partial charge on any atom is 1.00 e. The van der Waals surface area contributed by atoms with Gasteiger partial charge >= 0.3 is 29.6 Å². The van der Waals surface area contributed by atoms with E-state index >= 15 is 0 Å². The van der Waals surface area contributed by atoms with Gasteiger partial charge in [-0.3, -0.25) is 0 Å². The van der Waals surface area contributed by atoms with Crippen molar-refractivity contribution < 1.29 is 51.4 Å². The van der Waals surface area contributed by atoms with E-state index in [0.717, 1.165) is 56.8 Å². The summed E-state index contributed by atoms with van der Waals surface area (Å²) in [5, 5.41) is 0. The van der Waals surface area contributed by atoms with Crippen LogP contribution in [0.4, 0.5) is 0 Å². The molecule has 0 aromatic rings. The monoisotopic (exact) mass is 476 g/mol. The molecule has 1 aliphatic heterocycles. The Morgan fingerprint density at radius 3 is 2.44 bits per heavy atom. The first kappa shape index (κ1) is 27.0. The van der Waals surface area contributed by atoms with Gasteiger partial charge in [0.25, 0.3) is 10.4 Å². The molecule has 1 heterocycles. The van der Waals surface area contributed by atoms with E-state index in [0.29, 0.717) is 22.7 Å². The number of hydrogen-bond donors (Lipinski definition) is 0. The van der Waals surface area contributed by atoms with Crippen LogP contribution in [0.2, 0.25) is 0 Å².